The van der Waals surface area contributed by atoms with E-state index in [1.165, 1.54) is 17.3 Å². The van der Waals surface area contributed by atoms with Crippen LogP contribution in [0.5, 0.6) is 0 Å². The summed E-state index contributed by atoms with van der Waals surface area (Å²) in [7, 11) is 0. The molecule has 1 heterocycles. The van der Waals surface area contributed by atoms with Gasteiger partial charge >= 0.3 is 0 Å². The fourth-order valence-corrected chi connectivity index (χ4v) is 1.92. The number of nitrogens with one attached hydrogen (secondary N) is 2. The second-order valence-corrected chi connectivity index (χ2v) is 4.56. The van der Waals surface area contributed by atoms with Crippen LogP contribution in [-0.4, -0.2) is 21.6 Å². The first-order valence-corrected chi connectivity index (χ1v) is 6.21. The highest BCUT2D eigenvalue weighted by Gasteiger charge is 2.04. The zero-order valence-electron chi connectivity index (χ0n) is 9.43. The smallest absolute Gasteiger partial charge is 0.234 e. The van der Waals surface area contributed by atoms with Crippen LogP contribution in [0.3, 0.4) is 0 Å². The third kappa shape index (κ3) is 3.64. The van der Waals surface area contributed by atoms with Crippen LogP contribution in [0.15, 0.2) is 41.8 Å². The maximum atomic E-state index is 11.6. The van der Waals surface area contributed by atoms with Gasteiger partial charge in [-0.1, -0.05) is 29.5 Å². The van der Waals surface area contributed by atoms with E-state index in [4.69, 9.17) is 0 Å². The number of benzene rings is 1. The molecule has 0 fully saturated rings. The van der Waals surface area contributed by atoms with E-state index in [0.29, 0.717) is 5.75 Å². The van der Waals surface area contributed by atoms with Crippen molar-refractivity contribution >= 4 is 23.4 Å². The molecule has 2 aromatic rings. The van der Waals surface area contributed by atoms with Gasteiger partial charge in [-0.15, -0.1) is 0 Å². The number of aryl methyl sites for hydroxylation is 1. The topological polar surface area (TPSA) is 57.8 Å². The molecule has 0 bridgehead atoms. The van der Waals surface area contributed by atoms with Crippen LogP contribution < -0.4 is 5.32 Å². The summed E-state index contributed by atoms with van der Waals surface area (Å²) in [5.74, 6) is 0.316. The molecule has 0 radical (unpaired) electrons. The van der Waals surface area contributed by atoms with Crippen molar-refractivity contribution in [1.82, 2.24) is 9.97 Å². The average molecular weight is 247 g/mol. The number of aromatic amines is 1. The number of amides is 1. The van der Waals surface area contributed by atoms with Crippen LogP contribution in [0.25, 0.3) is 0 Å². The Morgan fingerprint density at radius 3 is 2.82 bits per heavy atom. The molecule has 4 nitrogen and oxygen atoms in total. The van der Waals surface area contributed by atoms with Gasteiger partial charge in [0, 0.05) is 18.1 Å². The number of carbonyl (C=O) groups excluding carboxylic acids is 1. The Balaban J connectivity index is 1.83. The van der Waals surface area contributed by atoms with E-state index in [0.717, 1.165) is 10.8 Å². The number of rotatable bonds is 4. The van der Waals surface area contributed by atoms with E-state index in [2.05, 4.69) is 15.3 Å². The maximum absolute atomic E-state index is 11.6. The quantitative estimate of drug-likeness (QED) is 0.816. The van der Waals surface area contributed by atoms with Gasteiger partial charge in [-0.25, -0.2) is 4.98 Å². The number of nitrogens with zero attached hydrogens (tertiary/aromatic N) is 1. The fourth-order valence-electron chi connectivity index (χ4n) is 1.30. The van der Waals surface area contributed by atoms with E-state index in [-0.39, 0.29) is 5.91 Å². The van der Waals surface area contributed by atoms with Crippen molar-refractivity contribution in [2.24, 2.45) is 0 Å². The van der Waals surface area contributed by atoms with Crippen molar-refractivity contribution in [3.8, 4) is 0 Å². The maximum Gasteiger partial charge on any atom is 0.234 e. The molecule has 0 atom stereocenters. The molecular formula is C12H13N3OS. The second kappa shape index (κ2) is 5.54. The van der Waals surface area contributed by atoms with E-state index < -0.39 is 0 Å². The lowest BCUT2D eigenvalue weighted by Gasteiger charge is -2.04. The number of H-pyrrole nitrogens is 1. The van der Waals surface area contributed by atoms with Gasteiger partial charge in [0.15, 0.2) is 5.16 Å². The highest BCUT2D eigenvalue weighted by Crippen LogP contribution is 2.13. The molecule has 0 spiro atoms. The zero-order chi connectivity index (χ0) is 12.1. The minimum Gasteiger partial charge on any atom is -0.340 e. The summed E-state index contributed by atoms with van der Waals surface area (Å²) in [4.78, 5) is 18.6. The molecule has 0 aliphatic heterocycles. The SMILES string of the molecule is Cc1ccc(NC(=O)CSc2ncc[nH]2)cc1. The van der Waals surface area contributed by atoms with Gasteiger partial charge in [0.1, 0.15) is 0 Å². The van der Waals surface area contributed by atoms with Gasteiger partial charge in [-0.2, -0.15) is 0 Å². The van der Waals surface area contributed by atoms with Crippen LogP contribution in [-0.2, 0) is 4.79 Å². The van der Waals surface area contributed by atoms with Crippen molar-refractivity contribution in [1.29, 1.82) is 0 Å². The van der Waals surface area contributed by atoms with E-state index in [9.17, 15) is 4.79 Å². The van der Waals surface area contributed by atoms with Gasteiger partial charge in [-0.3, -0.25) is 4.79 Å². The molecule has 88 valence electrons. The normalized spacial score (nSPS) is 10.2. The number of anilines is 1. The summed E-state index contributed by atoms with van der Waals surface area (Å²) in [6.45, 7) is 2.01. The molecule has 17 heavy (non-hydrogen) atoms. The lowest BCUT2D eigenvalue weighted by Crippen LogP contribution is -2.13. The first-order valence-electron chi connectivity index (χ1n) is 5.23. The van der Waals surface area contributed by atoms with Gasteiger partial charge in [0.05, 0.1) is 5.75 Å². The predicted octanol–water partition coefficient (Wildman–Crippen LogP) is 2.45. The largest absolute Gasteiger partial charge is 0.340 e. The highest BCUT2D eigenvalue weighted by molar-refractivity contribution is 7.99. The van der Waals surface area contributed by atoms with Crippen molar-refractivity contribution < 1.29 is 4.79 Å². The first-order chi connectivity index (χ1) is 8.24. The number of hydrogen-bond acceptors (Lipinski definition) is 3. The molecule has 0 unspecified atom stereocenters. The molecule has 0 saturated heterocycles. The van der Waals surface area contributed by atoms with Crippen LogP contribution >= 0.6 is 11.8 Å². The summed E-state index contributed by atoms with van der Waals surface area (Å²) in [6, 6.07) is 7.72. The Morgan fingerprint density at radius 2 is 2.18 bits per heavy atom. The number of aromatic nitrogens is 2. The Hall–Kier alpha value is -1.75. The molecule has 0 aliphatic carbocycles. The van der Waals surface area contributed by atoms with Crippen LogP contribution in [0, 0.1) is 6.92 Å². The minimum atomic E-state index is -0.0322. The highest BCUT2D eigenvalue weighted by atomic mass is 32.2. The third-order valence-electron chi connectivity index (χ3n) is 2.15. The third-order valence-corrected chi connectivity index (χ3v) is 3.05. The molecule has 5 heteroatoms. The molecule has 2 N–H and O–H groups in total. The van der Waals surface area contributed by atoms with Crippen LogP contribution in [0.1, 0.15) is 5.56 Å². The number of hydrogen-bond donors (Lipinski definition) is 2. The fraction of sp³-hybridized carbons (Fsp3) is 0.167. The molecule has 1 aromatic carbocycles. The molecule has 1 amide bonds. The summed E-state index contributed by atoms with van der Waals surface area (Å²) >= 11 is 1.38. The van der Waals surface area contributed by atoms with E-state index in [1.54, 1.807) is 12.4 Å². The van der Waals surface area contributed by atoms with Crippen molar-refractivity contribution in [2.75, 3.05) is 11.1 Å². The first kappa shape index (κ1) is 11.7. The van der Waals surface area contributed by atoms with Crippen LogP contribution in [0.4, 0.5) is 5.69 Å². The minimum absolute atomic E-state index is 0.0322. The number of imidazole rings is 1. The predicted molar refractivity (Wildman–Crippen MR) is 69.1 cm³/mol. The second-order valence-electron chi connectivity index (χ2n) is 3.60. The van der Waals surface area contributed by atoms with E-state index >= 15 is 0 Å². The summed E-state index contributed by atoms with van der Waals surface area (Å²) in [6.07, 6.45) is 3.40. The summed E-state index contributed by atoms with van der Waals surface area (Å²) in [5, 5.41) is 3.58. The molecule has 1 aromatic heterocycles. The van der Waals surface area contributed by atoms with Crippen molar-refractivity contribution in [3.63, 3.8) is 0 Å². The van der Waals surface area contributed by atoms with E-state index in [1.807, 2.05) is 31.2 Å². The molecule has 2 rings (SSSR count). The summed E-state index contributed by atoms with van der Waals surface area (Å²) in [5.41, 5.74) is 1.99. The number of carbonyl (C=O) groups is 1. The Bertz CT molecular complexity index is 479. The zero-order valence-corrected chi connectivity index (χ0v) is 10.3. The van der Waals surface area contributed by atoms with Gasteiger partial charge in [0.2, 0.25) is 5.91 Å². The molecule has 0 saturated carbocycles. The summed E-state index contributed by atoms with van der Waals surface area (Å²) < 4.78 is 0. The van der Waals surface area contributed by atoms with Gasteiger partial charge < -0.3 is 10.3 Å². The van der Waals surface area contributed by atoms with Gasteiger partial charge in [0.25, 0.3) is 0 Å². The number of thioether (sulfide) groups is 1. The Morgan fingerprint density at radius 1 is 1.41 bits per heavy atom. The lowest BCUT2D eigenvalue weighted by molar-refractivity contribution is -0.113. The Labute approximate surface area is 104 Å². The van der Waals surface area contributed by atoms with Gasteiger partial charge in [-0.05, 0) is 19.1 Å². The van der Waals surface area contributed by atoms with Crippen molar-refractivity contribution in [2.45, 2.75) is 12.1 Å². The standard InChI is InChI=1S/C12H13N3OS/c1-9-2-4-10(5-3-9)15-11(16)8-17-12-13-6-7-14-12/h2-7H,8H2,1H3,(H,13,14)(H,15,16). The monoisotopic (exact) mass is 247 g/mol. The van der Waals surface area contributed by atoms with Crippen molar-refractivity contribution in [3.05, 3.63) is 42.2 Å². The van der Waals surface area contributed by atoms with Crippen LogP contribution in [0.2, 0.25) is 0 Å². The molecular weight excluding hydrogens is 234 g/mol. The lowest BCUT2D eigenvalue weighted by atomic mass is 10.2. The molecule has 0 aliphatic rings. The average Bonchev–Trinajstić information content (AvgIpc) is 2.83. The Kier molecular flexibility index (Phi) is 3.82.